The van der Waals surface area contributed by atoms with E-state index in [0.717, 1.165) is 11.3 Å². The molecular formula is C24H23ClN7O6S2+. The van der Waals surface area contributed by atoms with Crippen LogP contribution in [0.25, 0.3) is 5.52 Å². The fourth-order valence-electron chi connectivity index (χ4n) is 4.48. The van der Waals surface area contributed by atoms with Gasteiger partial charge in [-0.05, 0) is 13.0 Å². The summed E-state index contributed by atoms with van der Waals surface area (Å²) in [6.45, 7) is 3.52. The molecule has 40 heavy (non-hydrogen) atoms. The summed E-state index contributed by atoms with van der Waals surface area (Å²) in [7, 11) is 0. The molecule has 3 aromatic rings. The molecule has 1 saturated heterocycles. The number of carboxylic acid groups (broad SMARTS) is 1. The van der Waals surface area contributed by atoms with Crippen LogP contribution in [0.3, 0.4) is 0 Å². The molecule has 5 heterocycles. The van der Waals surface area contributed by atoms with Gasteiger partial charge in [-0.1, -0.05) is 16.8 Å². The van der Waals surface area contributed by atoms with Gasteiger partial charge in [-0.3, -0.25) is 19.3 Å². The molecule has 2 aliphatic heterocycles. The highest BCUT2D eigenvalue weighted by Crippen LogP contribution is 2.40. The van der Waals surface area contributed by atoms with E-state index >= 15 is 0 Å². The summed E-state index contributed by atoms with van der Waals surface area (Å²) in [5, 5.41) is 18.1. The van der Waals surface area contributed by atoms with E-state index in [0.29, 0.717) is 27.6 Å². The van der Waals surface area contributed by atoms with E-state index in [4.69, 9.17) is 22.2 Å². The molecule has 5 rings (SSSR count). The van der Waals surface area contributed by atoms with Crippen LogP contribution in [0.2, 0.25) is 5.02 Å². The molecule has 3 aromatic heterocycles. The van der Waals surface area contributed by atoms with E-state index < -0.39 is 29.2 Å². The zero-order chi connectivity index (χ0) is 28.7. The molecule has 0 radical (unpaired) electrons. The number of hydrogen-bond donors (Lipinski definition) is 3. The van der Waals surface area contributed by atoms with Gasteiger partial charge in [0.1, 0.15) is 34.9 Å². The third-order valence-corrected chi connectivity index (χ3v) is 8.57. The fourth-order valence-corrected chi connectivity index (χ4v) is 6.61. The van der Waals surface area contributed by atoms with Gasteiger partial charge >= 0.3 is 5.97 Å². The van der Waals surface area contributed by atoms with Crippen LogP contribution in [0.15, 0.2) is 46.5 Å². The number of oxime groups is 1. The van der Waals surface area contributed by atoms with E-state index in [1.165, 1.54) is 23.6 Å². The molecule has 0 aromatic carbocycles. The van der Waals surface area contributed by atoms with Crippen LogP contribution < -0.4 is 15.6 Å². The first-order valence-corrected chi connectivity index (χ1v) is 14.2. The third kappa shape index (κ3) is 4.91. The lowest BCUT2D eigenvalue weighted by molar-refractivity contribution is -0.688. The number of carbonyl (C=O) groups excluding carboxylic acids is 3. The Labute approximate surface area is 240 Å². The van der Waals surface area contributed by atoms with Crippen LogP contribution in [0, 0.1) is 0 Å². The van der Waals surface area contributed by atoms with Crippen molar-refractivity contribution >= 4 is 74.6 Å². The van der Waals surface area contributed by atoms with Gasteiger partial charge in [-0.15, -0.1) is 23.1 Å². The zero-order valence-corrected chi connectivity index (χ0v) is 23.5. The Morgan fingerprint density at radius 1 is 1.40 bits per heavy atom. The number of fused-ring (bicyclic) bond motifs is 2. The number of thioether (sulfide) groups is 1. The summed E-state index contributed by atoms with van der Waals surface area (Å²) < 4.78 is 3.40. The summed E-state index contributed by atoms with van der Waals surface area (Å²) in [6, 6.07) is 0.609. The van der Waals surface area contributed by atoms with Crippen LogP contribution in [0.5, 0.6) is 0 Å². The predicted octanol–water partition coefficient (Wildman–Crippen LogP) is 1.30. The number of thiazole rings is 1. The van der Waals surface area contributed by atoms with Crippen molar-refractivity contribution in [1.82, 2.24) is 19.6 Å². The number of rotatable bonds is 9. The highest BCUT2D eigenvalue weighted by atomic mass is 35.5. The topological polar surface area (TPSA) is 173 Å². The Kier molecular flexibility index (Phi) is 7.53. The predicted molar refractivity (Wildman–Crippen MR) is 147 cm³/mol. The highest BCUT2D eigenvalue weighted by Gasteiger charge is 2.54. The summed E-state index contributed by atoms with van der Waals surface area (Å²) in [5.74, 6) is -2.35. The van der Waals surface area contributed by atoms with Gasteiger partial charge < -0.3 is 25.4 Å². The molecule has 0 bridgehead atoms. The number of β-lactam (4-membered cyclic amide) rings is 1. The van der Waals surface area contributed by atoms with Crippen molar-refractivity contribution in [2.75, 3.05) is 18.1 Å². The molecule has 0 aliphatic carbocycles. The van der Waals surface area contributed by atoms with Crippen LogP contribution in [0.4, 0.5) is 5.13 Å². The van der Waals surface area contributed by atoms with E-state index in [2.05, 4.69) is 15.5 Å². The average Bonchev–Trinajstić information content (AvgIpc) is 3.49. The fraction of sp³-hybridized carbons (Fsp3) is 0.292. The Balaban J connectivity index is 1.37. The van der Waals surface area contributed by atoms with Gasteiger partial charge in [0, 0.05) is 23.6 Å². The summed E-state index contributed by atoms with van der Waals surface area (Å²) >= 11 is 8.78. The maximum absolute atomic E-state index is 13.1. The first-order valence-electron chi connectivity index (χ1n) is 11.9. The number of aromatic nitrogens is 3. The molecule has 2 atom stereocenters. The monoisotopic (exact) mass is 604 g/mol. The number of nitrogen functional groups attached to an aromatic ring is 1. The van der Waals surface area contributed by atoms with Crippen molar-refractivity contribution in [3.05, 3.63) is 57.7 Å². The average molecular weight is 605 g/mol. The largest absolute Gasteiger partial charge is 0.477 e. The molecular weight excluding hydrogens is 582 g/mol. The number of ketones is 1. The van der Waals surface area contributed by atoms with Gasteiger partial charge in [0.25, 0.3) is 11.8 Å². The number of carbonyl (C=O) groups is 4. The van der Waals surface area contributed by atoms with Crippen molar-refractivity contribution < 1.29 is 33.7 Å². The maximum atomic E-state index is 13.1. The van der Waals surface area contributed by atoms with Crippen LogP contribution >= 0.6 is 34.7 Å². The molecule has 16 heteroatoms. The third-order valence-electron chi connectivity index (χ3n) is 6.26. The Morgan fingerprint density at radius 3 is 2.83 bits per heavy atom. The standard InChI is InChI=1S/C24H22ClN7O6S2/c1-3-38-29-17(14-10-40-24(26)27-14)20(34)28-18-21(35)32-19(23(36)37)12(9-39-22(18)32)7-30-4-5-31-15(11(2)33)6-13(25)16(31)8-30/h4-6,8,10,18,22H,3,7,9H2,1-2H3,(H3-,26,27,28,34,36,37)/p+1/b29-17-/t18-,22+/m1/s1. The van der Waals surface area contributed by atoms with Crippen LogP contribution in [-0.4, -0.2) is 72.4 Å². The minimum atomic E-state index is -1.25. The minimum absolute atomic E-state index is 0.131. The van der Waals surface area contributed by atoms with Gasteiger partial charge in [0.05, 0.1) is 16.9 Å². The summed E-state index contributed by atoms with van der Waals surface area (Å²) in [6.07, 6.45) is 5.09. The molecule has 13 nitrogen and oxygen atoms in total. The molecule has 2 amide bonds. The Bertz CT molecular complexity index is 1630. The number of amides is 2. The zero-order valence-electron chi connectivity index (χ0n) is 21.2. The number of halogens is 1. The van der Waals surface area contributed by atoms with E-state index in [-0.39, 0.29) is 41.2 Å². The molecule has 0 saturated carbocycles. The normalized spacial score (nSPS) is 18.9. The lowest BCUT2D eigenvalue weighted by atomic mass is 10.0. The highest BCUT2D eigenvalue weighted by molar-refractivity contribution is 8.00. The first-order chi connectivity index (χ1) is 19.1. The lowest BCUT2D eigenvalue weighted by Gasteiger charge is -2.49. The number of carboxylic acids is 1. The van der Waals surface area contributed by atoms with Crippen molar-refractivity contribution in [3.8, 4) is 0 Å². The molecule has 0 unspecified atom stereocenters. The Hall–Kier alpha value is -3.95. The molecule has 208 valence electrons. The summed E-state index contributed by atoms with van der Waals surface area (Å²) in [5.41, 5.74) is 7.14. The molecule has 1 fully saturated rings. The second kappa shape index (κ2) is 10.9. The maximum Gasteiger partial charge on any atom is 0.352 e. The first kappa shape index (κ1) is 27.6. The van der Waals surface area contributed by atoms with Crippen molar-refractivity contribution in [3.63, 3.8) is 0 Å². The van der Waals surface area contributed by atoms with Crippen LogP contribution in [-0.2, 0) is 25.8 Å². The summed E-state index contributed by atoms with van der Waals surface area (Å²) in [4.78, 5) is 60.7. The quantitative estimate of drug-likeness (QED) is 0.107. The number of nitrogens with two attached hydrogens (primary N) is 1. The smallest absolute Gasteiger partial charge is 0.352 e. The molecule has 4 N–H and O–H groups in total. The molecule has 0 spiro atoms. The number of nitrogens with zero attached hydrogens (tertiary/aromatic N) is 5. The number of anilines is 1. The van der Waals surface area contributed by atoms with Crippen LogP contribution in [0.1, 0.15) is 30.0 Å². The van der Waals surface area contributed by atoms with E-state index in [9.17, 15) is 24.3 Å². The van der Waals surface area contributed by atoms with Gasteiger partial charge in [-0.2, -0.15) is 4.57 Å². The number of aliphatic carboxylic acids is 1. The number of Topliss-reactive ketones (excluding diaryl/α,β-unsaturated/α-hetero) is 1. The minimum Gasteiger partial charge on any atom is -0.477 e. The van der Waals surface area contributed by atoms with Gasteiger partial charge in [0.2, 0.25) is 0 Å². The van der Waals surface area contributed by atoms with E-state index in [1.807, 2.05) is 0 Å². The second-order valence-corrected chi connectivity index (χ2v) is 11.2. The van der Waals surface area contributed by atoms with Gasteiger partial charge in [0.15, 0.2) is 35.6 Å². The number of hydrogen-bond acceptors (Lipinski definition) is 10. The lowest BCUT2D eigenvalue weighted by Crippen LogP contribution is -2.71. The van der Waals surface area contributed by atoms with Crippen molar-refractivity contribution in [1.29, 1.82) is 0 Å². The Morgan fingerprint density at radius 2 is 2.17 bits per heavy atom. The van der Waals surface area contributed by atoms with Gasteiger partial charge in [-0.25, -0.2) is 9.78 Å². The molecule has 2 aliphatic rings. The SMILES string of the molecule is CCO/N=C(\C(=O)N[C@@H]1C(=O)N2C(C(=O)O)=C(C[n+]3ccn4c(C(C)=O)cc(Cl)c4c3)CS[C@@H]12)c1csc(N)n1. The second-order valence-electron chi connectivity index (χ2n) is 8.84. The van der Waals surface area contributed by atoms with Crippen molar-refractivity contribution in [2.24, 2.45) is 5.16 Å². The van der Waals surface area contributed by atoms with Crippen molar-refractivity contribution in [2.45, 2.75) is 31.8 Å². The number of nitrogens with one attached hydrogen (secondary N) is 1. The van der Waals surface area contributed by atoms with E-state index in [1.54, 1.807) is 45.9 Å².